The molecule has 2 aromatic rings. The van der Waals surface area contributed by atoms with E-state index < -0.39 is 0 Å². The van der Waals surface area contributed by atoms with Crippen LogP contribution >= 0.6 is 0 Å². The van der Waals surface area contributed by atoms with Gasteiger partial charge in [0.1, 0.15) is 18.3 Å². The Kier molecular flexibility index (Phi) is 7.56. The number of aliphatic hydroxyl groups is 1. The van der Waals surface area contributed by atoms with E-state index in [-0.39, 0.29) is 24.7 Å². The molecule has 1 atom stereocenters. The number of ether oxygens (including phenoxy) is 1. The minimum Gasteiger partial charge on any atom is -0.460 e. The van der Waals surface area contributed by atoms with E-state index in [4.69, 9.17) is 10.1 Å². The number of esters is 1. The number of hydrogen-bond acceptors (Lipinski definition) is 9. The van der Waals surface area contributed by atoms with Crippen LogP contribution in [-0.4, -0.2) is 75.6 Å². The second-order valence-electron chi connectivity index (χ2n) is 9.03. The summed E-state index contributed by atoms with van der Waals surface area (Å²) < 4.78 is 7.58. The highest BCUT2D eigenvalue weighted by Gasteiger charge is 2.23. The number of anilines is 1. The monoisotopic (exact) mass is 455 g/mol. The normalized spacial score (nSPS) is 24.1. The fourth-order valence-corrected chi connectivity index (χ4v) is 4.49. The number of likely N-dealkylation sites (tertiary alicyclic amines) is 1. The molecule has 33 heavy (non-hydrogen) atoms. The molecule has 1 saturated heterocycles. The quantitative estimate of drug-likeness (QED) is 0.332. The number of carbonyl (C=O) groups excluding carboxylic acids is 1. The lowest BCUT2D eigenvalue weighted by molar-refractivity contribution is -0.147. The van der Waals surface area contributed by atoms with Gasteiger partial charge in [-0.2, -0.15) is 4.98 Å². The summed E-state index contributed by atoms with van der Waals surface area (Å²) >= 11 is 0. The Labute approximate surface area is 193 Å². The number of fused-ring (bicyclic) bond motifs is 1. The van der Waals surface area contributed by atoms with Gasteiger partial charge >= 0.3 is 5.97 Å². The fourth-order valence-electron chi connectivity index (χ4n) is 4.49. The van der Waals surface area contributed by atoms with Crippen LogP contribution in [0, 0.1) is 11.3 Å². The first kappa shape index (κ1) is 23.2. The molecule has 0 bridgehead atoms. The van der Waals surface area contributed by atoms with E-state index in [1.54, 1.807) is 12.4 Å². The maximum atomic E-state index is 12.0. The second kappa shape index (κ2) is 10.8. The lowest BCUT2D eigenvalue weighted by atomic mass is 9.87. The van der Waals surface area contributed by atoms with E-state index in [1.165, 1.54) is 0 Å². The molecule has 10 heteroatoms. The third-order valence-corrected chi connectivity index (χ3v) is 6.34. The van der Waals surface area contributed by atoms with Crippen molar-refractivity contribution in [2.45, 2.75) is 50.9 Å². The predicted molar refractivity (Wildman–Crippen MR) is 126 cm³/mol. The zero-order chi connectivity index (χ0) is 23.2. The van der Waals surface area contributed by atoms with E-state index in [2.05, 4.69) is 30.1 Å². The number of likely N-dealkylation sites (N-methyl/N-ethyl adjacent to an activating group) is 1. The molecule has 1 saturated carbocycles. The van der Waals surface area contributed by atoms with Crippen molar-refractivity contribution in [1.29, 1.82) is 5.41 Å². The lowest BCUT2D eigenvalue weighted by Gasteiger charge is -2.25. The summed E-state index contributed by atoms with van der Waals surface area (Å²) in [6.07, 6.45) is 10.9. The van der Waals surface area contributed by atoms with Gasteiger partial charge in [-0.1, -0.05) is 0 Å². The fraction of sp³-hybridized carbons (Fsp3) is 0.565. The summed E-state index contributed by atoms with van der Waals surface area (Å²) in [5.41, 5.74) is 1.27. The Morgan fingerprint density at radius 1 is 1.33 bits per heavy atom. The van der Waals surface area contributed by atoms with Crippen molar-refractivity contribution in [2.24, 2.45) is 5.92 Å². The van der Waals surface area contributed by atoms with Gasteiger partial charge in [-0.3, -0.25) is 4.79 Å². The maximum absolute atomic E-state index is 12.0. The minimum absolute atomic E-state index is 0.0259. The maximum Gasteiger partial charge on any atom is 0.325 e. The van der Waals surface area contributed by atoms with E-state index in [0.717, 1.165) is 69.0 Å². The Balaban J connectivity index is 1.33. The van der Waals surface area contributed by atoms with E-state index in [1.807, 2.05) is 19.3 Å². The molecule has 1 aliphatic carbocycles. The molecule has 0 radical (unpaired) electrons. The molecule has 4 rings (SSSR count). The lowest BCUT2D eigenvalue weighted by Crippen LogP contribution is -2.28. The van der Waals surface area contributed by atoms with Gasteiger partial charge in [-0.25, -0.2) is 4.98 Å². The van der Waals surface area contributed by atoms with Crippen molar-refractivity contribution in [3.63, 3.8) is 0 Å². The van der Waals surface area contributed by atoms with Crippen LogP contribution in [-0.2, 0) is 16.1 Å². The topological polar surface area (TPSA) is 128 Å². The molecule has 2 aromatic heterocycles. The summed E-state index contributed by atoms with van der Waals surface area (Å²) in [6, 6.07) is 2.00. The average Bonchev–Trinajstić information content (AvgIpc) is 3.40. The number of allylic oxidation sites excluding steroid dienone is 1. The molecule has 0 amide bonds. The highest BCUT2D eigenvalue weighted by molar-refractivity contribution is 5.81. The summed E-state index contributed by atoms with van der Waals surface area (Å²) in [5.74, 6) is 0.595. The average molecular weight is 456 g/mol. The zero-order valence-electron chi connectivity index (χ0n) is 19.0. The molecule has 3 heterocycles. The molecule has 1 aliphatic heterocycles. The summed E-state index contributed by atoms with van der Waals surface area (Å²) in [6.45, 7) is 2.59. The summed E-state index contributed by atoms with van der Waals surface area (Å²) in [4.78, 5) is 23.1. The van der Waals surface area contributed by atoms with Gasteiger partial charge in [0.05, 0.1) is 11.8 Å². The van der Waals surface area contributed by atoms with E-state index >= 15 is 0 Å². The molecule has 178 valence electrons. The molecule has 2 fully saturated rings. The highest BCUT2D eigenvalue weighted by atomic mass is 16.5. The summed E-state index contributed by atoms with van der Waals surface area (Å²) in [7, 11) is 2.01. The summed E-state index contributed by atoms with van der Waals surface area (Å²) in [5, 5.41) is 24.3. The zero-order valence-corrected chi connectivity index (χ0v) is 19.0. The van der Waals surface area contributed by atoms with Crippen LogP contribution in [0.15, 0.2) is 30.4 Å². The van der Waals surface area contributed by atoms with Crippen LogP contribution in [0.25, 0.3) is 11.0 Å². The van der Waals surface area contributed by atoms with Crippen molar-refractivity contribution in [1.82, 2.24) is 24.8 Å². The van der Waals surface area contributed by atoms with Crippen molar-refractivity contribution < 1.29 is 14.6 Å². The van der Waals surface area contributed by atoms with Crippen molar-refractivity contribution in [2.75, 3.05) is 32.0 Å². The largest absolute Gasteiger partial charge is 0.460 e. The minimum atomic E-state index is -0.318. The van der Waals surface area contributed by atoms with Gasteiger partial charge in [-0.05, 0) is 51.1 Å². The molecule has 4 N–H and O–H groups in total. The highest BCUT2D eigenvalue weighted by Crippen LogP contribution is 2.27. The number of aromatic nitrogens is 3. The van der Waals surface area contributed by atoms with Gasteiger partial charge in [0.25, 0.3) is 0 Å². The van der Waals surface area contributed by atoms with Crippen molar-refractivity contribution in [3.05, 3.63) is 30.4 Å². The molecular weight excluding hydrogens is 422 g/mol. The van der Waals surface area contributed by atoms with Crippen LogP contribution in [0.3, 0.4) is 0 Å². The van der Waals surface area contributed by atoms with E-state index in [9.17, 15) is 9.90 Å². The first-order valence-electron chi connectivity index (χ1n) is 11.6. The second-order valence-corrected chi connectivity index (χ2v) is 9.03. The van der Waals surface area contributed by atoms with Gasteiger partial charge < -0.3 is 35.4 Å². The van der Waals surface area contributed by atoms with Crippen LogP contribution in [0.5, 0.6) is 0 Å². The van der Waals surface area contributed by atoms with E-state index in [0.29, 0.717) is 17.6 Å². The van der Waals surface area contributed by atoms with Crippen LogP contribution in [0.1, 0.15) is 32.1 Å². The molecule has 0 spiro atoms. The smallest absolute Gasteiger partial charge is 0.325 e. The van der Waals surface area contributed by atoms with Gasteiger partial charge in [0, 0.05) is 49.8 Å². The molecule has 0 unspecified atom stereocenters. The SMILES string of the molecule is CN1CC[C@@H](OC(=O)CN/C=C(\C=N)Nc2ncc3ccn(C[C@H]4CC[C@H](O)CC4)c3n2)C1. The van der Waals surface area contributed by atoms with Gasteiger partial charge in [-0.15, -0.1) is 0 Å². The molecule has 0 aromatic carbocycles. The standard InChI is InChI=1S/C23H33N7O3/c1-29-8-7-20(15-29)33-21(32)13-25-12-18(10-24)27-23-26-11-17-6-9-30(22(17)28-23)14-16-2-4-19(31)5-3-16/h6,9-12,16,19-20,24-25,31H,2-5,7-8,13-15H2,1H3,(H,26,27,28)/b18-12+,24-10?/t16-,19-,20-/m1/s1. The third-order valence-electron chi connectivity index (χ3n) is 6.34. The van der Waals surface area contributed by atoms with Crippen molar-refractivity contribution >= 4 is 29.2 Å². The van der Waals surface area contributed by atoms with Gasteiger partial charge in [0.15, 0.2) is 0 Å². The number of nitrogens with zero attached hydrogens (tertiary/aromatic N) is 4. The first-order valence-corrected chi connectivity index (χ1v) is 11.6. The first-order chi connectivity index (χ1) is 16.0. The Bertz CT molecular complexity index is 997. The molecule has 10 nitrogen and oxygen atoms in total. The third kappa shape index (κ3) is 6.29. The Hall–Kier alpha value is -2.98. The van der Waals surface area contributed by atoms with Crippen LogP contribution in [0.2, 0.25) is 0 Å². The number of aliphatic hydroxyl groups excluding tert-OH is 1. The predicted octanol–water partition coefficient (Wildman–Crippen LogP) is 1.72. The molecule has 2 aliphatic rings. The Morgan fingerprint density at radius 3 is 2.88 bits per heavy atom. The van der Waals surface area contributed by atoms with Crippen LogP contribution in [0.4, 0.5) is 5.95 Å². The van der Waals surface area contributed by atoms with Crippen molar-refractivity contribution in [3.8, 4) is 0 Å². The number of nitrogens with one attached hydrogen (secondary N) is 3. The Morgan fingerprint density at radius 2 is 2.15 bits per heavy atom. The number of rotatable bonds is 9. The number of carbonyl (C=O) groups is 1. The van der Waals surface area contributed by atoms with Crippen LogP contribution < -0.4 is 10.6 Å². The van der Waals surface area contributed by atoms with Gasteiger partial charge in [0.2, 0.25) is 5.95 Å². The number of hydrogen-bond donors (Lipinski definition) is 4. The molecular formula is C23H33N7O3.